The minimum absolute atomic E-state index is 0.0676. The van der Waals surface area contributed by atoms with Crippen molar-refractivity contribution in [3.8, 4) is 0 Å². The molecule has 0 rings (SSSR count). The van der Waals surface area contributed by atoms with Gasteiger partial charge in [0.25, 0.3) is 0 Å². The third-order valence-corrected chi connectivity index (χ3v) is 2.16. The van der Waals surface area contributed by atoms with Gasteiger partial charge in [-0.2, -0.15) is 0 Å². The predicted molar refractivity (Wildman–Crippen MR) is 60.8 cm³/mol. The number of carbonyl (C=O) groups is 1. The number of thiocarbonyl (C=S) groups is 1. The molecule has 0 fully saturated rings. The molecule has 0 aliphatic carbocycles. The minimum atomic E-state index is -0.938. The minimum Gasteiger partial charge on any atom is -0.501 e. The van der Waals surface area contributed by atoms with E-state index in [2.05, 4.69) is 18.8 Å². The van der Waals surface area contributed by atoms with Gasteiger partial charge in [0.15, 0.2) is 5.05 Å². The number of nitrogens with two attached hydrogens (primary N) is 1. The summed E-state index contributed by atoms with van der Waals surface area (Å²) in [7, 11) is 0. The van der Waals surface area contributed by atoms with Crippen LogP contribution in [0.2, 0.25) is 3.67 Å². The van der Waals surface area contributed by atoms with Crippen LogP contribution in [-0.4, -0.2) is 55.2 Å². The molecule has 0 amide bonds. The zero-order chi connectivity index (χ0) is 11.6. The quantitative estimate of drug-likeness (QED) is 0.368. The van der Waals surface area contributed by atoms with Crippen LogP contribution in [0, 0.1) is 0 Å². The fourth-order valence-corrected chi connectivity index (χ4v) is 0.520. The number of hydrogen-bond donors (Lipinski definition) is 3. The summed E-state index contributed by atoms with van der Waals surface area (Å²) in [5.74, 6) is -0.938. The largest absolute Gasteiger partial charge is 0.501 e. The molecule has 0 radical (unpaired) electrons. The molecule has 0 heterocycles. The summed E-state index contributed by atoms with van der Waals surface area (Å²) < 4.78 is 1.22. The fraction of sp³-hybridized carbons (Fsp3) is 0.500. The van der Waals surface area contributed by atoms with Crippen LogP contribution >= 0.6 is 12.2 Å². The van der Waals surface area contributed by atoms with Crippen molar-refractivity contribution in [3.63, 3.8) is 0 Å². The van der Waals surface area contributed by atoms with E-state index in [4.69, 9.17) is 15.9 Å². The van der Waals surface area contributed by atoms with E-state index in [0.717, 1.165) is 0 Å². The maximum atomic E-state index is 9.95. The van der Waals surface area contributed by atoms with Crippen LogP contribution < -0.4 is 5.73 Å². The normalized spacial score (nSPS) is 10.8. The average Bonchev–Trinajstić information content (AvgIpc) is 2.14. The summed E-state index contributed by atoms with van der Waals surface area (Å²) in [6, 6.07) is -0.689. The number of aliphatic hydroxyl groups excluding tert-OH is 1. The zero-order valence-corrected chi connectivity index (χ0v) is 11.1. The molecule has 76 valence electrons. The molecule has 14 heavy (non-hydrogen) atoms. The first-order valence-electron chi connectivity index (χ1n) is 4.26. The molecule has 4 nitrogen and oxygen atoms in total. The summed E-state index contributed by atoms with van der Waals surface area (Å²) in [4.78, 5) is 9.95. The Kier molecular flexibility index (Phi) is 13.1. The third-order valence-electron chi connectivity index (χ3n) is 1.28. The van der Waals surface area contributed by atoms with Crippen LogP contribution in [-0.2, 0) is 4.79 Å². The second-order valence-electron chi connectivity index (χ2n) is 2.57. The van der Waals surface area contributed by atoms with Crippen LogP contribution in [0.1, 0.15) is 12.8 Å². The Morgan fingerprint density at radius 1 is 1.64 bits per heavy atom. The maximum Gasteiger partial charge on any atom is 0.303 e. The van der Waals surface area contributed by atoms with Crippen molar-refractivity contribution in [2.45, 2.75) is 22.6 Å². The molecular weight excluding hydrogens is 213 g/mol. The average molecular weight is 227 g/mol. The van der Waals surface area contributed by atoms with Crippen molar-refractivity contribution in [1.29, 1.82) is 0 Å². The van der Waals surface area contributed by atoms with Crippen molar-refractivity contribution < 1.29 is 15.0 Å². The van der Waals surface area contributed by atoms with Gasteiger partial charge in [-0.3, -0.25) is 4.79 Å². The summed E-state index contributed by atoms with van der Waals surface area (Å²) in [5, 5.41) is 16.4. The number of carboxylic acid groups (broad SMARTS) is 1. The van der Waals surface area contributed by atoms with Crippen molar-refractivity contribution >= 4 is 51.2 Å². The van der Waals surface area contributed by atoms with E-state index in [1.165, 1.54) is 31.6 Å². The Balaban J connectivity index is 0. The monoisotopic (exact) mass is 227 g/mol. The molecule has 6 heteroatoms. The summed E-state index contributed by atoms with van der Waals surface area (Å²) in [5.41, 5.74) is 5.21. The Labute approximate surface area is 107 Å². The Morgan fingerprint density at radius 2 is 2.07 bits per heavy atom. The Bertz CT molecular complexity index is 199. The van der Waals surface area contributed by atoms with E-state index < -0.39 is 12.0 Å². The molecule has 0 aromatic heterocycles. The first-order chi connectivity index (χ1) is 6.45. The molecule has 0 bridgehead atoms. The van der Waals surface area contributed by atoms with Crippen LogP contribution in [0.4, 0.5) is 0 Å². The third kappa shape index (κ3) is 14.6. The van der Waals surface area contributed by atoms with E-state index >= 15 is 0 Å². The maximum absolute atomic E-state index is 9.95. The second kappa shape index (κ2) is 11.1. The van der Waals surface area contributed by atoms with Gasteiger partial charge in [0, 0.05) is 6.42 Å². The SMILES string of the molecule is C=C[CH2][Na].N[C@@H](CCC(=O)O)C(O)=S. The molecule has 0 aliphatic rings. The zero-order valence-electron chi connectivity index (χ0n) is 8.27. The standard InChI is InChI=1S/C5H9NO3S.C3H5.Na/c6-3(5(9)10)1-2-4(7)8;1-3-2;/h3H,1-2,6H2,(H,7,8)(H,9,10);3H,1-2H2;/t3-;;/m0../s1. The van der Waals surface area contributed by atoms with Gasteiger partial charge in [-0.05, 0) is 18.6 Å². The van der Waals surface area contributed by atoms with Crippen LogP contribution in [0.15, 0.2) is 12.7 Å². The van der Waals surface area contributed by atoms with Gasteiger partial charge < -0.3 is 15.9 Å². The van der Waals surface area contributed by atoms with Gasteiger partial charge in [-0.1, -0.05) is 0 Å². The second-order valence-corrected chi connectivity index (χ2v) is 3.81. The van der Waals surface area contributed by atoms with Crippen molar-refractivity contribution in [2.24, 2.45) is 5.73 Å². The first kappa shape index (κ1) is 16.5. The molecule has 0 saturated carbocycles. The van der Waals surface area contributed by atoms with Gasteiger partial charge in [0.2, 0.25) is 0 Å². The number of aliphatic carboxylic acids is 1. The number of aliphatic hydroxyl groups is 1. The van der Waals surface area contributed by atoms with Crippen LogP contribution in [0.5, 0.6) is 0 Å². The first-order valence-corrected chi connectivity index (χ1v) is 6.09. The summed E-state index contributed by atoms with van der Waals surface area (Å²) in [6.07, 6.45) is 2.05. The summed E-state index contributed by atoms with van der Waals surface area (Å²) in [6.45, 7) is 3.51. The number of rotatable bonds is 5. The fourth-order valence-electron chi connectivity index (χ4n) is 0.402. The molecule has 1 atom stereocenters. The number of allylic oxidation sites excluding steroid dienone is 1. The van der Waals surface area contributed by atoms with Gasteiger partial charge in [0.1, 0.15) is 0 Å². The van der Waals surface area contributed by atoms with Crippen LogP contribution in [0.25, 0.3) is 0 Å². The molecule has 4 N–H and O–H groups in total. The number of carboxylic acids is 1. The van der Waals surface area contributed by atoms with Gasteiger partial charge in [-0.25, -0.2) is 0 Å². The molecule has 0 aliphatic heterocycles. The van der Waals surface area contributed by atoms with Crippen molar-refractivity contribution in [2.75, 3.05) is 0 Å². The number of hydrogen-bond acceptors (Lipinski definition) is 3. The molecule has 0 aromatic carbocycles. The molecule has 0 spiro atoms. The molecule has 0 unspecified atom stereocenters. The van der Waals surface area contributed by atoms with E-state index in [1.807, 2.05) is 6.08 Å². The molecular formula is C8H14NNaO3S. The van der Waals surface area contributed by atoms with E-state index in [1.54, 1.807) is 0 Å². The van der Waals surface area contributed by atoms with E-state index in [-0.39, 0.29) is 17.9 Å². The van der Waals surface area contributed by atoms with E-state index in [9.17, 15) is 4.79 Å². The van der Waals surface area contributed by atoms with Crippen molar-refractivity contribution in [3.05, 3.63) is 12.7 Å². The van der Waals surface area contributed by atoms with Gasteiger partial charge >= 0.3 is 50.2 Å². The van der Waals surface area contributed by atoms with E-state index in [0.29, 0.717) is 0 Å². The topological polar surface area (TPSA) is 83.6 Å². The Morgan fingerprint density at radius 3 is 2.29 bits per heavy atom. The smallest absolute Gasteiger partial charge is 0.303 e. The van der Waals surface area contributed by atoms with Crippen molar-refractivity contribution in [1.82, 2.24) is 0 Å². The Hall–Kier alpha value is 0.0600. The van der Waals surface area contributed by atoms with Crippen LogP contribution in [0.3, 0.4) is 0 Å². The van der Waals surface area contributed by atoms with Gasteiger partial charge in [0.05, 0.1) is 6.04 Å². The summed E-state index contributed by atoms with van der Waals surface area (Å²) >= 11 is 5.58. The predicted octanol–water partition coefficient (Wildman–Crippen LogP) is 0.823. The molecule has 0 aromatic rings. The molecule has 0 saturated heterocycles. The van der Waals surface area contributed by atoms with Gasteiger partial charge in [-0.15, -0.1) is 0 Å².